The Balaban J connectivity index is 1.67. The average Bonchev–Trinajstić information content (AvgIpc) is 2.84. The number of guanidine groups is 1. The molecule has 12 nitrogen and oxygen atoms in total. The van der Waals surface area contributed by atoms with Crippen LogP contribution in [0.5, 0.6) is 5.75 Å². The van der Waals surface area contributed by atoms with Gasteiger partial charge in [0.25, 0.3) is 0 Å². The van der Waals surface area contributed by atoms with Gasteiger partial charge in [-0.3, -0.25) is 4.99 Å². The second-order valence-electron chi connectivity index (χ2n) is 8.59. The summed E-state index contributed by atoms with van der Waals surface area (Å²) in [5, 5.41) is 40.3. The zero-order valence-electron chi connectivity index (χ0n) is 20.2. The van der Waals surface area contributed by atoms with Gasteiger partial charge in [0.05, 0.1) is 12.6 Å². The molecule has 2 amide bonds. The van der Waals surface area contributed by atoms with Crippen molar-refractivity contribution in [3.05, 3.63) is 47.0 Å². The van der Waals surface area contributed by atoms with Gasteiger partial charge >= 0.3 is 156 Å². The number of aliphatic hydroxyl groups excluding tert-OH is 1. The van der Waals surface area contributed by atoms with Crippen molar-refractivity contribution in [2.45, 2.75) is 25.5 Å². The molecule has 2 atom stereocenters. The molecule has 0 aromatic heterocycles. The summed E-state index contributed by atoms with van der Waals surface area (Å²) in [6, 6.07) is 6.79. The first-order valence-electron chi connectivity index (χ1n) is 11.4. The molecule has 2 aromatic rings. The van der Waals surface area contributed by atoms with Gasteiger partial charge in [-0.15, -0.1) is 0 Å². The van der Waals surface area contributed by atoms with Crippen molar-refractivity contribution in [3.63, 3.8) is 0 Å². The monoisotopic (exact) mass is 508 g/mol. The summed E-state index contributed by atoms with van der Waals surface area (Å²) in [5.74, 6) is -2.17. The minimum atomic E-state index is -1.18. The number of amides is 2. The molecular formula is C24H29BN6O6. The van der Waals surface area contributed by atoms with Crippen LogP contribution in [0.4, 0.5) is 11.4 Å². The summed E-state index contributed by atoms with van der Waals surface area (Å²) >= 11 is 0. The van der Waals surface area contributed by atoms with Crippen LogP contribution in [0.1, 0.15) is 33.9 Å². The van der Waals surface area contributed by atoms with Gasteiger partial charge in [-0.05, 0) is 6.07 Å². The predicted octanol–water partition coefficient (Wildman–Crippen LogP) is -1.16. The SMILES string of the molecule is C=Bc1cc(C)cc([C@@H](CC(=O)O)NC(=O)CNC(=O)c2cc(N)cc(NC3=NCC(O)CN3)c2)c1O. The van der Waals surface area contributed by atoms with Crippen LogP contribution >= 0.6 is 0 Å². The van der Waals surface area contributed by atoms with E-state index in [0.717, 1.165) is 5.56 Å². The van der Waals surface area contributed by atoms with Crippen LogP contribution < -0.4 is 32.5 Å². The molecule has 0 aliphatic carbocycles. The Morgan fingerprint density at radius 2 is 2.03 bits per heavy atom. The fourth-order valence-electron chi connectivity index (χ4n) is 3.79. The van der Waals surface area contributed by atoms with E-state index in [4.69, 9.17) is 5.73 Å². The number of benzene rings is 2. The zero-order valence-corrected chi connectivity index (χ0v) is 20.2. The number of aliphatic imine (C=N–C) groups is 1. The molecular weight excluding hydrogens is 479 g/mol. The van der Waals surface area contributed by atoms with Gasteiger partial charge < -0.3 is 21.5 Å². The molecule has 2 aromatic carbocycles. The van der Waals surface area contributed by atoms with Gasteiger partial charge in [0.1, 0.15) is 0 Å². The van der Waals surface area contributed by atoms with Gasteiger partial charge in [0, 0.05) is 6.54 Å². The van der Waals surface area contributed by atoms with Crippen molar-refractivity contribution in [1.29, 1.82) is 0 Å². The molecule has 0 radical (unpaired) electrons. The van der Waals surface area contributed by atoms with Crippen molar-refractivity contribution in [2.75, 3.05) is 30.7 Å². The first-order valence-corrected chi connectivity index (χ1v) is 11.4. The number of aliphatic hydroxyl groups is 1. The van der Waals surface area contributed by atoms with E-state index in [1.165, 1.54) is 19.1 Å². The topological polar surface area (TPSA) is 198 Å². The zero-order chi connectivity index (χ0) is 27.1. The molecule has 1 heterocycles. The average molecular weight is 508 g/mol. The molecule has 0 saturated heterocycles. The summed E-state index contributed by atoms with van der Waals surface area (Å²) in [6.07, 6.45) is -1.06. The van der Waals surface area contributed by atoms with Gasteiger partial charge in [-0.25, -0.2) is 0 Å². The number of nitrogens with one attached hydrogen (secondary N) is 4. The molecule has 13 heteroatoms. The normalized spacial score (nSPS) is 15.4. The van der Waals surface area contributed by atoms with Crippen LogP contribution in [0.25, 0.3) is 0 Å². The molecule has 1 unspecified atom stereocenters. The third-order valence-corrected chi connectivity index (χ3v) is 5.48. The number of carboxylic acid groups (broad SMARTS) is 1. The van der Waals surface area contributed by atoms with Crippen LogP contribution in [0.2, 0.25) is 0 Å². The first-order chi connectivity index (χ1) is 17.5. The Morgan fingerprint density at radius 3 is 2.68 bits per heavy atom. The number of phenols is 1. The minimum absolute atomic E-state index is 0.178. The standard InChI is InChI=1S/C24H29BN6O6/c1-12-3-17(22(36)18(4-12)25-2)19(8-21(34)35)31-20(33)11-27-23(37)13-5-14(26)7-15(6-13)30-24-28-9-16(32)10-29-24/h3-7,16,19,32,36H,2,8-11,26H2,1H3,(H,27,37)(H,31,33)(H,34,35)(H2,28,29,30)/t19-/m1/s1. The molecule has 0 bridgehead atoms. The van der Waals surface area contributed by atoms with Crippen molar-refractivity contribution in [1.82, 2.24) is 16.0 Å². The van der Waals surface area contributed by atoms with Crippen LogP contribution in [-0.4, -0.2) is 78.2 Å². The third kappa shape index (κ3) is 7.55. The van der Waals surface area contributed by atoms with Gasteiger partial charge in [-0.2, -0.15) is 0 Å². The number of phenolic OH excluding ortho intramolecular Hbond substituents is 1. The predicted molar refractivity (Wildman–Crippen MR) is 142 cm³/mol. The fourth-order valence-corrected chi connectivity index (χ4v) is 3.79. The van der Waals surface area contributed by atoms with Crippen LogP contribution in [0.15, 0.2) is 35.3 Å². The molecule has 9 N–H and O–H groups in total. The Hall–Kier alpha value is -4.39. The number of anilines is 2. The number of nitrogens with two attached hydrogens (primary N) is 1. The molecule has 0 spiro atoms. The number of carboxylic acids is 1. The number of rotatable bonds is 9. The van der Waals surface area contributed by atoms with Gasteiger partial charge in [0.2, 0.25) is 0 Å². The van der Waals surface area contributed by atoms with Crippen LogP contribution in [0, 0.1) is 6.92 Å². The number of β-amino-alcohol motifs (C(OH)–C–C–N with tert-alkyl or cyclic N) is 1. The molecule has 1 aliphatic heterocycles. The van der Waals surface area contributed by atoms with E-state index in [-0.39, 0.29) is 23.4 Å². The summed E-state index contributed by atoms with van der Waals surface area (Å²) < 4.78 is 0. The van der Waals surface area contributed by atoms with Gasteiger partial charge in [-0.1, -0.05) is 0 Å². The van der Waals surface area contributed by atoms with E-state index in [0.29, 0.717) is 29.3 Å². The number of aryl methyl sites for hydroxylation is 1. The summed E-state index contributed by atoms with van der Waals surface area (Å²) in [7, 11) is 0. The molecule has 194 valence electrons. The van der Waals surface area contributed by atoms with E-state index < -0.39 is 42.9 Å². The van der Waals surface area contributed by atoms with E-state index >= 15 is 0 Å². The second-order valence-corrected chi connectivity index (χ2v) is 8.59. The third-order valence-electron chi connectivity index (χ3n) is 5.48. The number of nitrogens with zero attached hydrogens (tertiary/aromatic N) is 1. The van der Waals surface area contributed by atoms with Crippen molar-refractivity contribution in [3.8, 4) is 5.75 Å². The number of aromatic hydroxyl groups is 1. The Labute approximate surface area is 213 Å². The maximum absolute atomic E-state index is 12.7. The fraction of sp³-hybridized carbons (Fsp3) is 0.292. The van der Waals surface area contributed by atoms with E-state index in [2.05, 4.69) is 32.7 Å². The number of hydrogen-bond donors (Lipinski definition) is 8. The van der Waals surface area contributed by atoms with Crippen molar-refractivity contribution >= 4 is 54.0 Å². The second kappa shape index (κ2) is 12.0. The molecule has 0 saturated carbocycles. The van der Waals surface area contributed by atoms with Gasteiger partial charge in [0.15, 0.2) is 5.96 Å². The molecule has 1 aliphatic rings. The Bertz CT molecular complexity index is 1250. The number of hydrogen-bond acceptors (Lipinski definition) is 9. The van der Waals surface area contributed by atoms with Crippen molar-refractivity contribution in [2.24, 2.45) is 4.99 Å². The van der Waals surface area contributed by atoms with E-state index in [1.54, 1.807) is 25.1 Å². The molecule has 37 heavy (non-hydrogen) atoms. The number of carbonyl (C=O) groups is 3. The molecule has 3 rings (SSSR count). The first kappa shape index (κ1) is 27.2. The van der Waals surface area contributed by atoms with E-state index in [9.17, 15) is 29.7 Å². The number of aliphatic carboxylic acids is 1. The summed E-state index contributed by atoms with van der Waals surface area (Å²) in [4.78, 5) is 40.9. The van der Waals surface area contributed by atoms with E-state index in [1.807, 2.05) is 0 Å². The van der Waals surface area contributed by atoms with Crippen molar-refractivity contribution < 1.29 is 29.7 Å². The quantitative estimate of drug-likeness (QED) is 0.152. The molecule has 0 fully saturated rings. The summed E-state index contributed by atoms with van der Waals surface area (Å²) in [5.41, 5.74) is 8.26. The Morgan fingerprint density at radius 1 is 1.27 bits per heavy atom. The van der Waals surface area contributed by atoms with Crippen LogP contribution in [0.3, 0.4) is 0 Å². The summed E-state index contributed by atoms with van der Waals surface area (Å²) in [6.45, 7) is 6.95. The van der Waals surface area contributed by atoms with Crippen LogP contribution in [-0.2, 0) is 9.59 Å². The Kier molecular flexibility index (Phi) is 8.85. The number of carbonyl (C=O) groups excluding carboxylic acids is 2. The number of nitrogen functional groups attached to an aromatic ring is 1. The maximum atomic E-state index is 12.7.